The molecular weight excluding hydrogens is 368 g/mol. The zero-order chi connectivity index (χ0) is 22.0. The van der Waals surface area contributed by atoms with Crippen molar-refractivity contribution in [3.05, 3.63) is 0 Å². The standard InChI is InChI=1S/C23H46N2O4/c1-5-7-8-9-10-11-12-13-14-15-16-17-18-21(29-23(28)24-6-2)19-25(3,4)20-22(26)27/h21H,5-20H2,1-4H3,(H-,24,26,27,28). The Hall–Kier alpha value is -1.30. The fourth-order valence-electron chi connectivity index (χ4n) is 3.70. The van der Waals surface area contributed by atoms with Crippen molar-refractivity contribution in [2.75, 3.05) is 33.7 Å². The molecule has 0 saturated carbocycles. The highest BCUT2D eigenvalue weighted by atomic mass is 16.6. The topological polar surface area (TPSA) is 78.5 Å². The lowest BCUT2D eigenvalue weighted by Gasteiger charge is -2.33. The summed E-state index contributed by atoms with van der Waals surface area (Å²) in [5.41, 5.74) is 0. The molecule has 0 spiro atoms. The van der Waals surface area contributed by atoms with Crippen molar-refractivity contribution in [2.45, 2.75) is 103 Å². The van der Waals surface area contributed by atoms with Crippen LogP contribution in [0.15, 0.2) is 0 Å². The van der Waals surface area contributed by atoms with Gasteiger partial charge in [0.25, 0.3) is 0 Å². The molecule has 0 aliphatic rings. The number of alkyl carbamates (subject to hydrolysis) is 1. The SMILES string of the molecule is CCCCCCCCCCCCCCC(C[N+](C)(C)CC(=O)[O-])OC(=O)NCC. The number of carbonyl (C=O) groups is 2. The predicted octanol–water partition coefficient (Wildman–Crippen LogP) is 4.02. The number of hydrogen-bond acceptors (Lipinski definition) is 4. The molecule has 6 nitrogen and oxygen atoms in total. The van der Waals surface area contributed by atoms with Crippen LogP contribution in [0.5, 0.6) is 0 Å². The monoisotopic (exact) mass is 414 g/mol. The Morgan fingerprint density at radius 2 is 1.34 bits per heavy atom. The van der Waals surface area contributed by atoms with E-state index in [-0.39, 0.29) is 17.1 Å². The average molecular weight is 415 g/mol. The molecule has 1 amide bonds. The van der Waals surface area contributed by atoms with Crippen LogP contribution in [0.1, 0.15) is 97.3 Å². The Bertz CT molecular complexity index is 427. The van der Waals surface area contributed by atoms with E-state index in [9.17, 15) is 14.7 Å². The van der Waals surface area contributed by atoms with Gasteiger partial charge in [0.1, 0.15) is 13.1 Å². The number of amides is 1. The second-order valence-corrected chi connectivity index (χ2v) is 8.88. The molecule has 6 heteroatoms. The average Bonchev–Trinajstić information content (AvgIpc) is 2.61. The van der Waals surface area contributed by atoms with E-state index in [1.165, 1.54) is 64.2 Å². The van der Waals surface area contributed by atoms with Crippen LogP contribution in [0.3, 0.4) is 0 Å². The molecule has 0 fully saturated rings. The minimum absolute atomic E-state index is 0.0896. The van der Waals surface area contributed by atoms with E-state index in [1.807, 2.05) is 21.0 Å². The van der Waals surface area contributed by atoms with Gasteiger partial charge in [0, 0.05) is 6.54 Å². The number of nitrogens with one attached hydrogen (secondary N) is 1. The van der Waals surface area contributed by atoms with Gasteiger partial charge in [0.05, 0.1) is 20.1 Å². The highest BCUT2D eigenvalue weighted by molar-refractivity contribution is 5.67. The first-order chi connectivity index (χ1) is 13.8. The molecule has 0 bridgehead atoms. The maximum atomic E-state index is 11.8. The smallest absolute Gasteiger partial charge is 0.407 e. The number of rotatable bonds is 19. The molecule has 172 valence electrons. The number of likely N-dealkylation sites (N-methyl/N-ethyl adjacent to an activating group) is 1. The zero-order valence-corrected chi connectivity index (χ0v) is 19.5. The number of quaternary nitrogens is 1. The van der Waals surface area contributed by atoms with Gasteiger partial charge in [-0.05, 0) is 19.8 Å². The summed E-state index contributed by atoms with van der Waals surface area (Å²) in [6, 6.07) is 0. The lowest BCUT2D eigenvalue weighted by Crippen LogP contribution is -2.52. The second-order valence-electron chi connectivity index (χ2n) is 8.88. The van der Waals surface area contributed by atoms with E-state index in [2.05, 4.69) is 12.2 Å². The van der Waals surface area contributed by atoms with Crippen LogP contribution in [0.4, 0.5) is 4.79 Å². The minimum atomic E-state index is -1.09. The number of carbonyl (C=O) groups excluding carboxylic acids is 2. The molecule has 0 heterocycles. The molecule has 1 N–H and O–H groups in total. The van der Waals surface area contributed by atoms with Crippen LogP contribution in [0, 0.1) is 0 Å². The van der Waals surface area contributed by atoms with Gasteiger partial charge in [-0.25, -0.2) is 4.79 Å². The van der Waals surface area contributed by atoms with E-state index in [0.29, 0.717) is 13.1 Å². The minimum Gasteiger partial charge on any atom is -0.544 e. The van der Waals surface area contributed by atoms with Gasteiger partial charge in [-0.1, -0.05) is 77.6 Å². The van der Waals surface area contributed by atoms with Crippen molar-refractivity contribution < 1.29 is 23.9 Å². The van der Waals surface area contributed by atoms with Crippen molar-refractivity contribution in [3.63, 3.8) is 0 Å². The van der Waals surface area contributed by atoms with E-state index >= 15 is 0 Å². The van der Waals surface area contributed by atoms with Crippen molar-refractivity contribution in [1.29, 1.82) is 0 Å². The van der Waals surface area contributed by atoms with Crippen LogP contribution in [-0.2, 0) is 9.53 Å². The molecule has 0 radical (unpaired) electrons. The summed E-state index contributed by atoms with van der Waals surface area (Å²) in [4.78, 5) is 22.8. The Labute approximate surface area is 179 Å². The first-order valence-electron chi connectivity index (χ1n) is 11.8. The number of carboxylic acid groups (broad SMARTS) is 1. The van der Waals surface area contributed by atoms with Crippen molar-refractivity contribution in [1.82, 2.24) is 5.32 Å². The molecule has 0 aliphatic carbocycles. The number of carboxylic acids is 1. The maximum Gasteiger partial charge on any atom is 0.407 e. The summed E-state index contributed by atoms with van der Waals surface area (Å²) < 4.78 is 5.77. The van der Waals surface area contributed by atoms with Gasteiger partial charge in [0.15, 0.2) is 6.10 Å². The molecule has 1 atom stereocenters. The van der Waals surface area contributed by atoms with Gasteiger partial charge in [0.2, 0.25) is 0 Å². The first kappa shape index (κ1) is 27.7. The van der Waals surface area contributed by atoms with Crippen LogP contribution >= 0.6 is 0 Å². The quantitative estimate of drug-likeness (QED) is 0.256. The van der Waals surface area contributed by atoms with Crippen molar-refractivity contribution in [3.8, 4) is 0 Å². The van der Waals surface area contributed by atoms with Crippen molar-refractivity contribution in [2.24, 2.45) is 0 Å². The molecule has 1 unspecified atom stereocenters. The summed E-state index contributed by atoms with van der Waals surface area (Å²) in [6.07, 6.45) is 15.5. The molecular formula is C23H46N2O4. The third kappa shape index (κ3) is 18.5. The van der Waals surface area contributed by atoms with Crippen LogP contribution < -0.4 is 10.4 Å². The van der Waals surface area contributed by atoms with Crippen molar-refractivity contribution >= 4 is 12.1 Å². The molecule has 0 aromatic heterocycles. The molecule has 0 rings (SSSR count). The Kier molecular flexibility index (Phi) is 16.8. The summed E-state index contributed by atoms with van der Waals surface area (Å²) >= 11 is 0. The van der Waals surface area contributed by atoms with Gasteiger partial charge >= 0.3 is 6.09 Å². The number of hydrogen-bond donors (Lipinski definition) is 1. The van der Waals surface area contributed by atoms with Gasteiger partial charge < -0.3 is 24.4 Å². The lowest BCUT2D eigenvalue weighted by atomic mass is 10.0. The molecule has 0 aliphatic heterocycles. The van der Waals surface area contributed by atoms with E-state index in [0.717, 1.165) is 19.3 Å². The zero-order valence-electron chi connectivity index (χ0n) is 19.5. The third-order valence-corrected chi connectivity index (χ3v) is 5.23. The predicted molar refractivity (Wildman–Crippen MR) is 116 cm³/mol. The highest BCUT2D eigenvalue weighted by Gasteiger charge is 2.25. The number of unbranched alkanes of at least 4 members (excludes halogenated alkanes) is 11. The summed E-state index contributed by atoms with van der Waals surface area (Å²) in [7, 11) is 3.65. The largest absolute Gasteiger partial charge is 0.544 e. The van der Waals surface area contributed by atoms with Gasteiger partial charge in [-0.2, -0.15) is 0 Å². The van der Waals surface area contributed by atoms with Gasteiger partial charge in [-0.3, -0.25) is 0 Å². The Morgan fingerprint density at radius 1 is 0.862 bits per heavy atom. The summed E-state index contributed by atoms with van der Waals surface area (Å²) in [5, 5.41) is 13.6. The Morgan fingerprint density at radius 3 is 1.79 bits per heavy atom. The van der Waals surface area contributed by atoms with Crippen LogP contribution in [-0.4, -0.2) is 56.4 Å². The van der Waals surface area contributed by atoms with Crippen LogP contribution in [0.2, 0.25) is 0 Å². The molecule has 0 aromatic rings. The first-order valence-corrected chi connectivity index (χ1v) is 11.8. The number of ether oxygens (including phenoxy) is 1. The van der Waals surface area contributed by atoms with E-state index in [4.69, 9.17) is 4.74 Å². The lowest BCUT2D eigenvalue weighted by molar-refractivity contribution is -0.887. The molecule has 0 saturated heterocycles. The summed E-state index contributed by atoms with van der Waals surface area (Å²) in [6.45, 7) is 5.00. The van der Waals surface area contributed by atoms with E-state index < -0.39 is 12.1 Å². The highest BCUT2D eigenvalue weighted by Crippen LogP contribution is 2.15. The molecule has 0 aromatic carbocycles. The second kappa shape index (κ2) is 17.5. The Balaban J connectivity index is 4.01. The van der Waals surface area contributed by atoms with Gasteiger partial charge in [-0.15, -0.1) is 0 Å². The number of nitrogens with zero attached hydrogens (tertiary/aromatic N) is 1. The third-order valence-electron chi connectivity index (χ3n) is 5.23. The maximum absolute atomic E-state index is 11.8. The fraction of sp³-hybridized carbons (Fsp3) is 0.913. The fourth-order valence-corrected chi connectivity index (χ4v) is 3.70. The number of aliphatic carboxylic acids is 1. The normalized spacial score (nSPS) is 12.6. The van der Waals surface area contributed by atoms with Crippen LogP contribution in [0.25, 0.3) is 0 Å². The van der Waals surface area contributed by atoms with E-state index in [1.54, 1.807) is 0 Å². The summed E-state index contributed by atoms with van der Waals surface area (Å²) in [5.74, 6) is -1.09. The molecule has 29 heavy (non-hydrogen) atoms.